The van der Waals surface area contributed by atoms with Gasteiger partial charge in [0.2, 0.25) is 0 Å². The number of thiocarbonyl (C=S) groups is 1. The third-order valence-corrected chi connectivity index (χ3v) is 3.61. The normalized spacial score (nSPS) is 10.3. The minimum atomic E-state index is 0.471. The molecular weight excluding hydrogens is 358 g/mol. The molecule has 1 heterocycles. The summed E-state index contributed by atoms with van der Waals surface area (Å²) in [4.78, 5) is 6.87. The van der Waals surface area contributed by atoms with Gasteiger partial charge in [0.25, 0.3) is 0 Å². The van der Waals surface area contributed by atoms with Crippen molar-refractivity contribution in [2.75, 3.05) is 11.4 Å². The van der Waals surface area contributed by atoms with Gasteiger partial charge in [-0.2, -0.15) is 0 Å². The first-order chi connectivity index (χ1) is 9.58. The van der Waals surface area contributed by atoms with E-state index in [1.165, 1.54) is 0 Å². The van der Waals surface area contributed by atoms with Crippen molar-refractivity contribution in [3.8, 4) is 0 Å². The number of hydrogen-bond acceptors (Lipinski definition) is 3. The Morgan fingerprint density at radius 1 is 1.35 bits per heavy atom. The standard InChI is InChI=1S/C14H13BrClN3S/c15-10-8-12(16)14(18-9-10)19(7-6-13(17)20)11-4-2-1-3-5-11/h1-5,8-9H,6-7H2,(H2,17,20). The van der Waals surface area contributed by atoms with Crippen molar-refractivity contribution in [2.45, 2.75) is 6.42 Å². The molecule has 2 aromatic rings. The van der Waals surface area contributed by atoms with Crippen molar-refractivity contribution in [1.29, 1.82) is 0 Å². The lowest BCUT2D eigenvalue weighted by Gasteiger charge is -2.24. The molecule has 2 rings (SSSR count). The zero-order valence-corrected chi connectivity index (χ0v) is 13.8. The number of anilines is 2. The van der Waals surface area contributed by atoms with Crippen molar-refractivity contribution in [1.82, 2.24) is 4.98 Å². The molecule has 0 aliphatic heterocycles. The van der Waals surface area contributed by atoms with Crippen LogP contribution in [0.2, 0.25) is 5.02 Å². The summed E-state index contributed by atoms with van der Waals surface area (Å²) < 4.78 is 0.841. The highest BCUT2D eigenvalue weighted by Crippen LogP contribution is 2.31. The Morgan fingerprint density at radius 3 is 2.65 bits per heavy atom. The molecule has 0 radical (unpaired) electrons. The van der Waals surface area contributed by atoms with Gasteiger partial charge in [-0.15, -0.1) is 0 Å². The number of benzene rings is 1. The number of nitrogens with zero attached hydrogens (tertiary/aromatic N) is 2. The van der Waals surface area contributed by atoms with Crippen LogP contribution in [-0.2, 0) is 0 Å². The van der Waals surface area contributed by atoms with E-state index < -0.39 is 0 Å². The molecule has 1 aromatic heterocycles. The van der Waals surface area contributed by atoms with Crippen LogP contribution in [0.1, 0.15) is 6.42 Å². The number of hydrogen-bond donors (Lipinski definition) is 1. The summed E-state index contributed by atoms with van der Waals surface area (Å²) >= 11 is 14.6. The molecule has 0 fully saturated rings. The Morgan fingerprint density at radius 2 is 2.05 bits per heavy atom. The fraction of sp³-hybridized carbons (Fsp3) is 0.143. The highest BCUT2D eigenvalue weighted by molar-refractivity contribution is 9.10. The fourth-order valence-electron chi connectivity index (χ4n) is 1.79. The highest BCUT2D eigenvalue weighted by atomic mass is 79.9. The first-order valence-corrected chi connectivity index (χ1v) is 7.58. The highest BCUT2D eigenvalue weighted by Gasteiger charge is 2.14. The first-order valence-electron chi connectivity index (χ1n) is 6.00. The van der Waals surface area contributed by atoms with Crippen molar-refractivity contribution in [3.63, 3.8) is 0 Å². The average Bonchev–Trinajstić information content (AvgIpc) is 2.42. The average molecular weight is 371 g/mol. The van der Waals surface area contributed by atoms with Gasteiger partial charge in [-0.3, -0.25) is 0 Å². The fourth-order valence-corrected chi connectivity index (χ4v) is 2.62. The minimum Gasteiger partial charge on any atom is -0.393 e. The van der Waals surface area contributed by atoms with Gasteiger partial charge in [-0.05, 0) is 34.1 Å². The van der Waals surface area contributed by atoms with Crippen LogP contribution in [0.15, 0.2) is 47.1 Å². The maximum Gasteiger partial charge on any atom is 0.151 e. The zero-order valence-electron chi connectivity index (χ0n) is 10.6. The largest absolute Gasteiger partial charge is 0.393 e. The summed E-state index contributed by atoms with van der Waals surface area (Å²) in [5.41, 5.74) is 6.60. The van der Waals surface area contributed by atoms with Crippen molar-refractivity contribution < 1.29 is 0 Å². The summed E-state index contributed by atoms with van der Waals surface area (Å²) in [5.74, 6) is 0.692. The van der Waals surface area contributed by atoms with Crippen LogP contribution >= 0.6 is 39.7 Å². The van der Waals surface area contributed by atoms with Crippen LogP contribution in [0.4, 0.5) is 11.5 Å². The molecule has 0 saturated carbocycles. The van der Waals surface area contributed by atoms with E-state index in [4.69, 9.17) is 29.6 Å². The molecule has 0 aliphatic carbocycles. The van der Waals surface area contributed by atoms with Crippen LogP contribution in [-0.4, -0.2) is 16.5 Å². The van der Waals surface area contributed by atoms with Crippen LogP contribution in [0.5, 0.6) is 0 Å². The van der Waals surface area contributed by atoms with E-state index in [1.807, 2.05) is 41.3 Å². The van der Waals surface area contributed by atoms with E-state index in [0.717, 1.165) is 10.2 Å². The third kappa shape index (κ3) is 3.91. The number of rotatable bonds is 5. The number of halogens is 2. The Hall–Kier alpha value is -1.17. The van der Waals surface area contributed by atoms with E-state index in [1.54, 1.807) is 6.20 Å². The molecule has 0 spiro atoms. The Kier molecular flexibility index (Phi) is 5.34. The van der Waals surface area contributed by atoms with Gasteiger partial charge in [-0.1, -0.05) is 42.0 Å². The third-order valence-electron chi connectivity index (χ3n) is 2.69. The van der Waals surface area contributed by atoms with E-state index in [9.17, 15) is 0 Å². The summed E-state index contributed by atoms with van der Waals surface area (Å²) in [5, 5.41) is 0.575. The second-order valence-corrected chi connectivity index (χ2v) is 6.01. The molecule has 0 aliphatic rings. The van der Waals surface area contributed by atoms with Crippen LogP contribution in [0.3, 0.4) is 0 Å². The molecule has 0 amide bonds. The van der Waals surface area contributed by atoms with Gasteiger partial charge in [0.15, 0.2) is 5.82 Å². The molecule has 6 heteroatoms. The number of aromatic nitrogens is 1. The lowest BCUT2D eigenvalue weighted by Crippen LogP contribution is -2.24. The van der Waals surface area contributed by atoms with Gasteiger partial charge < -0.3 is 10.6 Å². The van der Waals surface area contributed by atoms with Crippen LogP contribution in [0, 0.1) is 0 Å². The lowest BCUT2D eigenvalue weighted by atomic mass is 10.2. The topological polar surface area (TPSA) is 42.1 Å². The van der Waals surface area contributed by atoms with E-state index in [2.05, 4.69) is 20.9 Å². The smallest absolute Gasteiger partial charge is 0.151 e. The predicted molar refractivity (Wildman–Crippen MR) is 91.8 cm³/mol. The lowest BCUT2D eigenvalue weighted by molar-refractivity contribution is 0.943. The quantitative estimate of drug-likeness (QED) is 0.796. The molecule has 0 atom stereocenters. The summed E-state index contributed by atoms with van der Waals surface area (Å²) in [6.45, 7) is 0.633. The summed E-state index contributed by atoms with van der Waals surface area (Å²) in [6.07, 6.45) is 2.32. The van der Waals surface area contributed by atoms with E-state index >= 15 is 0 Å². The van der Waals surface area contributed by atoms with Crippen molar-refractivity contribution in [2.24, 2.45) is 5.73 Å². The Labute approximate surface area is 136 Å². The second kappa shape index (κ2) is 7.02. The van der Waals surface area contributed by atoms with Crippen molar-refractivity contribution in [3.05, 3.63) is 52.1 Å². The van der Waals surface area contributed by atoms with E-state index in [-0.39, 0.29) is 0 Å². The molecule has 0 saturated heterocycles. The summed E-state index contributed by atoms with van der Waals surface area (Å²) in [7, 11) is 0. The molecular formula is C14H13BrClN3S. The van der Waals surface area contributed by atoms with Crippen LogP contribution < -0.4 is 10.6 Å². The van der Waals surface area contributed by atoms with Gasteiger partial charge in [-0.25, -0.2) is 4.98 Å². The number of nitrogens with two attached hydrogens (primary N) is 1. The van der Waals surface area contributed by atoms with Gasteiger partial charge >= 0.3 is 0 Å². The van der Waals surface area contributed by atoms with Crippen LogP contribution in [0.25, 0.3) is 0 Å². The molecule has 2 N–H and O–H groups in total. The molecule has 3 nitrogen and oxygen atoms in total. The van der Waals surface area contributed by atoms with Gasteiger partial charge in [0.05, 0.1) is 10.0 Å². The molecule has 1 aromatic carbocycles. The van der Waals surface area contributed by atoms with Gasteiger partial charge in [0.1, 0.15) is 0 Å². The Balaban J connectivity index is 2.37. The molecule has 0 bridgehead atoms. The van der Waals surface area contributed by atoms with E-state index in [0.29, 0.717) is 28.8 Å². The molecule has 0 unspecified atom stereocenters. The predicted octanol–water partition coefficient (Wildman–Crippen LogP) is 4.31. The Bertz CT molecular complexity index is 607. The van der Waals surface area contributed by atoms with Gasteiger partial charge in [0, 0.05) is 29.3 Å². The SMILES string of the molecule is NC(=S)CCN(c1ccccc1)c1ncc(Br)cc1Cl. The molecule has 104 valence electrons. The minimum absolute atomic E-state index is 0.471. The second-order valence-electron chi connectivity index (χ2n) is 4.16. The first kappa shape index (κ1) is 15.2. The van der Waals surface area contributed by atoms with Crippen molar-refractivity contribution >= 4 is 56.2 Å². The number of pyridine rings is 1. The maximum absolute atomic E-state index is 6.29. The summed E-state index contributed by atoms with van der Waals surface area (Å²) in [6, 6.07) is 11.7. The number of para-hydroxylation sites is 1. The maximum atomic E-state index is 6.29. The monoisotopic (exact) mass is 369 g/mol. The zero-order chi connectivity index (χ0) is 14.5. The molecule has 20 heavy (non-hydrogen) atoms.